The summed E-state index contributed by atoms with van der Waals surface area (Å²) in [5.74, 6) is 1.58. The topological polar surface area (TPSA) is 73.3 Å². The molecular weight excluding hydrogens is 290 g/mol. The molecule has 0 saturated carbocycles. The van der Waals surface area contributed by atoms with Crippen LogP contribution in [0.4, 0.5) is 11.4 Å². The van der Waals surface area contributed by atoms with Crippen LogP contribution in [0.25, 0.3) is 11.1 Å². The van der Waals surface area contributed by atoms with Crippen LogP contribution in [0.5, 0.6) is 0 Å². The van der Waals surface area contributed by atoms with Crippen LogP contribution < -0.4 is 11.1 Å². The number of ether oxygens (including phenoxy) is 1. The van der Waals surface area contributed by atoms with Crippen LogP contribution in [0.3, 0.4) is 0 Å². The SMILES string of the molecule is Cc1noc(C)c1-c1ccc(NCCC2CCOCC2)c(N)c1. The number of nitrogens with two attached hydrogens (primary N) is 1. The molecule has 0 spiro atoms. The van der Waals surface area contributed by atoms with Crippen molar-refractivity contribution in [2.24, 2.45) is 5.92 Å². The second-order valence-electron chi connectivity index (χ2n) is 6.27. The Morgan fingerprint density at radius 2 is 2.04 bits per heavy atom. The van der Waals surface area contributed by atoms with E-state index in [9.17, 15) is 0 Å². The summed E-state index contributed by atoms with van der Waals surface area (Å²) in [6.07, 6.45) is 3.50. The highest BCUT2D eigenvalue weighted by atomic mass is 16.5. The number of nitrogen functional groups attached to an aromatic ring is 1. The van der Waals surface area contributed by atoms with E-state index in [1.807, 2.05) is 26.0 Å². The number of aryl methyl sites for hydroxylation is 2. The Morgan fingerprint density at radius 1 is 1.26 bits per heavy atom. The first kappa shape index (κ1) is 15.9. The first-order valence-corrected chi connectivity index (χ1v) is 8.29. The van der Waals surface area contributed by atoms with Crippen molar-refractivity contribution in [2.75, 3.05) is 30.8 Å². The first-order valence-electron chi connectivity index (χ1n) is 8.29. The van der Waals surface area contributed by atoms with Crippen LogP contribution >= 0.6 is 0 Å². The van der Waals surface area contributed by atoms with E-state index in [2.05, 4.69) is 16.5 Å². The van der Waals surface area contributed by atoms with Crippen LogP contribution in [0, 0.1) is 19.8 Å². The van der Waals surface area contributed by atoms with Gasteiger partial charge in [-0.05, 0) is 56.7 Å². The molecule has 0 radical (unpaired) electrons. The molecular formula is C18H25N3O2. The van der Waals surface area contributed by atoms with Gasteiger partial charge in [-0.3, -0.25) is 0 Å². The van der Waals surface area contributed by atoms with Gasteiger partial charge in [-0.2, -0.15) is 0 Å². The van der Waals surface area contributed by atoms with Gasteiger partial charge in [0.05, 0.1) is 17.1 Å². The Labute approximate surface area is 137 Å². The van der Waals surface area contributed by atoms with E-state index < -0.39 is 0 Å². The second kappa shape index (κ2) is 7.04. The average molecular weight is 315 g/mol. The maximum atomic E-state index is 6.21. The molecule has 1 aliphatic heterocycles. The van der Waals surface area contributed by atoms with Crippen LogP contribution in [0.2, 0.25) is 0 Å². The van der Waals surface area contributed by atoms with Gasteiger partial charge < -0.3 is 20.3 Å². The summed E-state index contributed by atoms with van der Waals surface area (Å²) in [6.45, 7) is 6.62. The number of rotatable bonds is 5. The lowest BCUT2D eigenvalue weighted by Gasteiger charge is -2.22. The van der Waals surface area contributed by atoms with Gasteiger partial charge in [0, 0.05) is 25.3 Å². The van der Waals surface area contributed by atoms with Crippen molar-refractivity contribution in [3.05, 3.63) is 29.7 Å². The predicted octanol–water partition coefficient (Wildman–Crippen LogP) is 3.77. The first-order chi connectivity index (χ1) is 11.1. The highest BCUT2D eigenvalue weighted by Gasteiger charge is 2.14. The maximum absolute atomic E-state index is 6.21. The minimum atomic E-state index is 0.759. The molecule has 0 aliphatic carbocycles. The molecule has 2 heterocycles. The van der Waals surface area contributed by atoms with Gasteiger partial charge in [-0.25, -0.2) is 0 Å². The molecule has 2 aromatic rings. The van der Waals surface area contributed by atoms with Crippen molar-refractivity contribution >= 4 is 11.4 Å². The fourth-order valence-electron chi connectivity index (χ4n) is 3.22. The lowest BCUT2D eigenvalue weighted by molar-refractivity contribution is 0.0649. The summed E-state index contributed by atoms with van der Waals surface area (Å²) in [7, 11) is 0. The zero-order chi connectivity index (χ0) is 16.2. The van der Waals surface area contributed by atoms with E-state index >= 15 is 0 Å². The summed E-state index contributed by atoms with van der Waals surface area (Å²) in [6, 6.07) is 6.10. The Morgan fingerprint density at radius 3 is 2.70 bits per heavy atom. The van der Waals surface area contributed by atoms with Gasteiger partial charge in [-0.15, -0.1) is 0 Å². The van der Waals surface area contributed by atoms with Gasteiger partial charge in [0.15, 0.2) is 0 Å². The van der Waals surface area contributed by atoms with Gasteiger partial charge in [0.2, 0.25) is 0 Å². The molecule has 0 bridgehead atoms. The third-order valence-corrected chi connectivity index (χ3v) is 4.58. The van der Waals surface area contributed by atoms with Crippen molar-refractivity contribution in [3.63, 3.8) is 0 Å². The van der Waals surface area contributed by atoms with Crippen molar-refractivity contribution in [3.8, 4) is 11.1 Å². The van der Waals surface area contributed by atoms with Crippen LogP contribution in [0.1, 0.15) is 30.7 Å². The quantitative estimate of drug-likeness (QED) is 0.822. The monoisotopic (exact) mass is 315 g/mol. The molecule has 124 valence electrons. The number of hydrogen-bond donors (Lipinski definition) is 2. The Hall–Kier alpha value is -2.01. The molecule has 1 fully saturated rings. The molecule has 3 rings (SSSR count). The highest BCUT2D eigenvalue weighted by molar-refractivity contribution is 5.77. The van der Waals surface area contributed by atoms with E-state index in [0.717, 1.165) is 66.1 Å². The van der Waals surface area contributed by atoms with Crippen LogP contribution in [0.15, 0.2) is 22.7 Å². The van der Waals surface area contributed by atoms with E-state index in [0.29, 0.717) is 0 Å². The number of aromatic nitrogens is 1. The van der Waals surface area contributed by atoms with Crippen molar-refractivity contribution in [1.82, 2.24) is 5.16 Å². The minimum Gasteiger partial charge on any atom is -0.397 e. The summed E-state index contributed by atoms with van der Waals surface area (Å²) < 4.78 is 10.6. The Bertz CT molecular complexity index is 641. The van der Waals surface area contributed by atoms with Crippen molar-refractivity contribution < 1.29 is 9.26 Å². The summed E-state index contributed by atoms with van der Waals surface area (Å²) >= 11 is 0. The predicted molar refractivity (Wildman–Crippen MR) is 92.5 cm³/mol. The molecule has 0 amide bonds. The molecule has 1 saturated heterocycles. The molecule has 5 nitrogen and oxygen atoms in total. The molecule has 1 aromatic heterocycles. The Balaban J connectivity index is 1.63. The number of hydrogen-bond acceptors (Lipinski definition) is 5. The molecule has 0 atom stereocenters. The van der Waals surface area contributed by atoms with E-state index in [-0.39, 0.29) is 0 Å². The van der Waals surface area contributed by atoms with Crippen LogP contribution in [-0.2, 0) is 4.74 Å². The third-order valence-electron chi connectivity index (χ3n) is 4.58. The molecule has 3 N–H and O–H groups in total. The lowest BCUT2D eigenvalue weighted by Crippen LogP contribution is -2.18. The molecule has 1 aliphatic rings. The third kappa shape index (κ3) is 3.67. The second-order valence-corrected chi connectivity index (χ2v) is 6.27. The average Bonchev–Trinajstić information content (AvgIpc) is 2.89. The Kier molecular flexibility index (Phi) is 4.86. The fourth-order valence-corrected chi connectivity index (χ4v) is 3.22. The van der Waals surface area contributed by atoms with E-state index in [1.54, 1.807) is 0 Å². The minimum absolute atomic E-state index is 0.759. The zero-order valence-corrected chi connectivity index (χ0v) is 13.9. The van der Waals surface area contributed by atoms with Crippen molar-refractivity contribution in [1.29, 1.82) is 0 Å². The highest BCUT2D eigenvalue weighted by Crippen LogP contribution is 2.31. The molecule has 5 heteroatoms. The largest absolute Gasteiger partial charge is 0.397 e. The standard InChI is InChI=1S/C18H25N3O2/c1-12-18(13(2)23-21-12)15-3-4-17(16(19)11-15)20-8-5-14-6-9-22-10-7-14/h3-4,11,14,20H,5-10,19H2,1-2H3. The number of anilines is 2. The normalized spacial score (nSPS) is 15.7. The number of nitrogens with one attached hydrogen (secondary N) is 1. The van der Waals surface area contributed by atoms with E-state index in [1.165, 1.54) is 12.8 Å². The molecule has 0 unspecified atom stereocenters. The van der Waals surface area contributed by atoms with Gasteiger partial charge in [0.1, 0.15) is 5.76 Å². The molecule has 1 aromatic carbocycles. The summed E-state index contributed by atoms with van der Waals surface area (Å²) in [5.41, 5.74) is 10.9. The van der Waals surface area contributed by atoms with Crippen LogP contribution in [-0.4, -0.2) is 24.9 Å². The number of benzene rings is 1. The fraction of sp³-hybridized carbons (Fsp3) is 0.500. The molecule has 23 heavy (non-hydrogen) atoms. The lowest BCUT2D eigenvalue weighted by atomic mass is 9.96. The van der Waals surface area contributed by atoms with Gasteiger partial charge in [0.25, 0.3) is 0 Å². The number of nitrogens with zero attached hydrogens (tertiary/aromatic N) is 1. The van der Waals surface area contributed by atoms with E-state index in [4.69, 9.17) is 15.0 Å². The summed E-state index contributed by atoms with van der Waals surface area (Å²) in [5, 5.41) is 7.46. The smallest absolute Gasteiger partial charge is 0.141 e. The van der Waals surface area contributed by atoms with Crippen molar-refractivity contribution in [2.45, 2.75) is 33.1 Å². The van der Waals surface area contributed by atoms with Gasteiger partial charge >= 0.3 is 0 Å². The van der Waals surface area contributed by atoms with Gasteiger partial charge in [-0.1, -0.05) is 11.2 Å². The summed E-state index contributed by atoms with van der Waals surface area (Å²) in [4.78, 5) is 0. The maximum Gasteiger partial charge on any atom is 0.141 e. The zero-order valence-electron chi connectivity index (χ0n) is 13.9.